The fourth-order valence-electron chi connectivity index (χ4n) is 3.81. The molecule has 1 amide bonds. The van der Waals surface area contributed by atoms with Crippen LogP contribution in [0.2, 0.25) is 0 Å². The molecule has 1 aromatic carbocycles. The maximum Gasteiger partial charge on any atom is 0.253 e. The molecular formula is C21H26N4O2. The first-order valence-corrected chi connectivity index (χ1v) is 9.75. The number of rotatable bonds is 6. The minimum atomic E-state index is 0.0507. The standard InChI is InChI=1S/C21H26N4O2/c26-11-6-19-15-25(10-9-24(19)14-16-4-5-16)21(27)18-3-1-2-17(12-18)20-13-22-7-8-23-20/h1-3,7-8,12-13,16,19,26H,4-6,9-11,14-15H2/t19-/m0/s1. The van der Waals surface area contributed by atoms with Crippen molar-refractivity contribution in [3.8, 4) is 11.3 Å². The zero-order valence-electron chi connectivity index (χ0n) is 15.5. The average Bonchev–Trinajstić information content (AvgIpc) is 3.54. The highest BCUT2D eigenvalue weighted by molar-refractivity contribution is 5.95. The summed E-state index contributed by atoms with van der Waals surface area (Å²) in [4.78, 5) is 25.9. The highest BCUT2D eigenvalue weighted by atomic mass is 16.3. The third kappa shape index (κ3) is 4.34. The van der Waals surface area contributed by atoms with Crippen LogP contribution in [0.3, 0.4) is 0 Å². The van der Waals surface area contributed by atoms with Gasteiger partial charge in [-0.15, -0.1) is 0 Å². The van der Waals surface area contributed by atoms with Crippen molar-refractivity contribution in [2.24, 2.45) is 5.92 Å². The van der Waals surface area contributed by atoms with E-state index in [2.05, 4.69) is 14.9 Å². The number of nitrogens with zero attached hydrogens (tertiary/aromatic N) is 4. The van der Waals surface area contributed by atoms with E-state index in [9.17, 15) is 9.90 Å². The molecule has 6 nitrogen and oxygen atoms in total. The summed E-state index contributed by atoms with van der Waals surface area (Å²) in [5, 5.41) is 9.45. The summed E-state index contributed by atoms with van der Waals surface area (Å²) < 4.78 is 0. The van der Waals surface area contributed by atoms with E-state index >= 15 is 0 Å². The smallest absolute Gasteiger partial charge is 0.253 e. The number of aliphatic hydroxyl groups is 1. The molecular weight excluding hydrogens is 340 g/mol. The fraction of sp³-hybridized carbons (Fsp3) is 0.476. The highest BCUT2D eigenvalue weighted by Gasteiger charge is 2.33. The maximum absolute atomic E-state index is 13.1. The van der Waals surface area contributed by atoms with E-state index in [0.29, 0.717) is 12.1 Å². The lowest BCUT2D eigenvalue weighted by Gasteiger charge is -2.41. The van der Waals surface area contributed by atoms with Gasteiger partial charge in [0.15, 0.2) is 0 Å². The lowest BCUT2D eigenvalue weighted by atomic mass is 10.0. The minimum Gasteiger partial charge on any atom is -0.396 e. The average molecular weight is 366 g/mol. The summed E-state index contributed by atoms with van der Waals surface area (Å²) in [6.07, 6.45) is 8.36. The maximum atomic E-state index is 13.1. The van der Waals surface area contributed by atoms with Crippen LogP contribution in [0.4, 0.5) is 0 Å². The number of hydrogen-bond acceptors (Lipinski definition) is 5. The molecule has 2 fully saturated rings. The third-order valence-corrected chi connectivity index (χ3v) is 5.51. The molecule has 2 aliphatic rings. The number of benzene rings is 1. The largest absolute Gasteiger partial charge is 0.396 e. The number of carbonyl (C=O) groups excluding carboxylic acids is 1. The SMILES string of the molecule is O=C(c1cccc(-c2cnccn2)c1)N1CCN(CC2CC2)[C@@H](CCO)C1. The Bertz CT molecular complexity index is 779. The van der Waals surface area contributed by atoms with Crippen LogP contribution in [0.25, 0.3) is 11.3 Å². The summed E-state index contributed by atoms with van der Waals surface area (Å²) >= 11 is 0. The number of carbonyl (C=O) groups is 1. The molecule has 27 heavy (non-hydrogen) atoms. The van der Waals surface area contributed by atoms with Crippen LogP contribution in [-0.2, 0) is 0 Å². The lowest BCUT2D eigenvalue weighted by Crippen LogP contribution is -2.55. The van der Waals surface area contributed by atoms with Crippen molar-refractivity contribution in [1.82, 2.24) is 19.8 Å². The molecule has 1 saturated heterocycles. The summed E-state index contributed by atoms with van der Waals surface area (Å²) in [5.74, 6) is 0.867. The van der Waals surface area contributed by atoms with E-state index in [4.69, 9.17) is 0 Å². The zero-order chi connectivity index (χ0) is 18.6. The van der Waals surface area contributed by atoms with Crippen LogP contribution in [0, 0.1) is 5.92 Å². The van der Waals surface area contributed by atoms with E-state index in [1.807, 2.05) is 29.2 Å². The predicted octanol–water partition coefficient (Wildman–Crippen LogP) is 2.06. The summed E-state index contributed by atoms with van der Waals surface area (Å²) in [6, 6.07) is 7.84. The van der Waals surface area contributed by atoms with Gasteiger partial charge in [0, 0.05) is 62.3 Å². The van der Waals surface area contributed by atoms with Crippen molar-refractivity contribution in [3.05, 3.63) is 48.4 Å². The Labute approximate surface area is 159 Å². The van der Waals surface area contributed by atoms with Gasteiger partial charge >= 0.3 is 0 Å². The molecule has 0 radical (unpaired) electrons. The van der Waals surface area contributed by atoms with Crippen molar-refractivity contribution < 1.29 is 9.90 Å². The monoisotopic (exact) mass is 366 g/mol. The van der Waals surface area contributed by atoms with Crippen molar-refractivity contribution in [3.63, 3.8) is 0 Å². The number of aliphatic hydroxyl groups excluding tert-OH is 1. The summed E-state index contributed by atoms with van der Waals surface area (Å²) in [5.41, 5.74) is 2.34. The molecule has 2 heterocycles. The molecule has 1 aliphatic heterocycles. The first-order valence-electron chi connectivity index (χ1n) is 9.75. The number of aromatic nitrogens is 2. The van der Waals surface area contributed by atoms with E-state index in [-0.39, 0.29) is 18.6 Å². The third-order valence-electron chi connectivity index (χ3n) is 5.51. The molecule has 1 saturated carbocycles. The van der Waals surface area contributed by atoms with Gasteiger partial charge in [0.2, 0.25) is 0 Å². The van der Waals surface area contributed by atoms with Crippen molar-refractivity contribution in [2.75, 3.05) is 32.8 Å². The summed E-state index contributed by atoms with van der Waals surface area (Å²) in [6.45, 7) is 3.58. The first-order chi connectivity index (χ1) is 13.2. The van der Waals surface area contributed by atoms with Gasteiger partial charge in [-0.1, -0.05) is 12.1 Å². The molecule has 0 bridgehead atoms. The van der Waals surface area contributed by atoms with Crippen LogP contribution in [0.1, 0.15) is 29.6 Å². The Morgan fingerprint density at radius 3 is 2.85 bits per heavy atom. The second kappa shape index (κ2) is 8.15. The highest BCUT2D eigenvalue weighted by Crippen LogP contribution is 2.31. The molecule has 6 heteroatoms. The molecule has 4 rings (SSSR count). The quantitative estimate of drug-likeness (QED) is 0.847. The van der Waals surface area contributed by atoms with Crippen LogP contribution < -0.4 is 0 Å². The summed E-state index contributed by atoms with van der Waals surface area (Å²) in [7, 11) is 0. The second-order valence-electron chi connectivity index (χ2n) is 7.53. The van der Waals surface area contributed by atoms with Gasteiger partial charge in [-0.25, -0.2) is 0 Å². The van der Waals surface area contributed by atoms with E-state index < -0.39 is 0 Å². The van der Waals surface area contributed by atoms with Gasteiger partial charge in [0.25, 0.3) is 5.91 Å². The second-order valence-corrected chi connectivity index (χ2v) is 7.53. The predicted molar refractivity (Wildman–Crippen MR) is 103 cm³/mol. The van der Waals surface area contributed by atoms with Gasteiger partial charge in [-0.05, 0) is 37.3 Å². The molecule has 1 N–H and O–H groups in total. The number of hydrogen-bond donors (Lipinski definition) is 1. The van der Waals surface area contributed by atoms with Gasteiger partial charge in [-0.2, -0.15) is 0 Å². The molecule has 0 unspecified atom stereocenters. The van der Waals surface area contributed by atoms with Crippen LogP contribution in [0.15, 0.2) is 42.9 Å². The van der Waals surface area contributed by atoms with Gasteiger partial charge in [0.1, 0.15) is 0 Å². The number of piperazine rings is 1. The fourth-order valence-corrected chi connectivity index (χ4v) is 3.81. The lowest BCUT2D eigenvalue weighted by molar-refractivity contribution is 0.0407. The van der Waals surface area contributed by atoms with Crippen molar-refractivity contribution in [1.29, 1.82) is 0 Å². The van der Waals surface area contributed by atoms with Crippen LogP contribution >= 0.6 is 0 Å². The Morgan fingerprint density at radius 2 is 2.11 bits per heavy atom. The van der Waals surface area contributed by atoms with Gasteiger partial charge in [0.05, 0.1) is 11.9 Å². The van der Waals surface area contributed by atoms with E-state index in [1.54, 1.807) is 18.6 Å². The zero-order valence-corrected chi connectivity index (χ0v) is 15.5. The Kier molecular flexibility index (Phi) is 5.45. The normalized spacial score (nSPS) is 20.6. The van der Waals surface area contributed by atoms with E-state index in [1.165, 1.54) is 12.8 Å². The molecule has 1 aliphatic carbocycles. The van der Waals surface area contributed by atoms with Crippen molar-refractivity contribution >= 4 is 5.91 Å². The first kappa shape index (κ1) is 18.1. The molecule has 1 aromatic heterocycles. The minimum absolute atomic E-state index is 0.0507. The van der Waals surface area contributed by atoms with Crippen LogP contribution in [-0.4, -0.2) is 69.6 Å². The molecule has 0 spiro atoms. The molecule has 1 atom stereocenters. The van der Waals surface area contributed by atoms with Crippen molar-refractivity contribution in [2.45, 2.75) is 25.3 Å². The number of amides is 1. The Hall–Kier alpha value is -2.31. The van der Waals surface area contributed by atoms with Crippen LogP contribution in [0.5, 0.6) is 0 Å². The Morgan fingerprint density at radius 1 is 1.22 bits per heavy atom. The molecule has 2 aromatic rings. The van der Waals surface area contributed by atoms with E-state index in [0.717, 1.165) is 43.2 Å². The topological polar surface area (TPSA) is 69.6 Å². The Balaban J connectivity index is 1.47. The van der Waals surface area contributed by atoms with Gasteiger partial charge < -0.3 is 10.0 Å². The van der Waals surface area contributed by atoms with Gasteiger partial charge in [-0.3, -0.25) is 19.7 Å². The molecule has 142 valence electrons.